The molecule has 1 aliphatic heterocycles. The van der Waals surface area contributed by atoms with E-state index in [1.165, 1.54) is 0 Å². The molecule has 0 amide bonds. The van der Waals surface area contributed by atoms with Crippen molar-refractivity contribution in [1.29, 1.82) is 0 Å². The van der Waals surface area contributed by atoms with Crippen LogP contribution in [0.25, 0.3) is 10.6 Å². The van der Waals surface area contributed by atoms with Gasteiger partial charge in [-0.1, -0.05) is 30.3 Å². The highest BCUT2D eigenvalue weighted by Gasteiger charge is 2.29. The molecule has 1 aromatic carbocycles. The van der Waals surface area contributed by atoms with Crippen molar-refractivity contribution in [3.05, 3.63) is 41.4 Å². The molecule has 1 fully saturated rings. The molecule has 3 rings (SSSR count). The van der Waals surface area contributed by atoms with Gasteiger partial charge in [0.25, 0.3) is 0 Å². The summed E-state index contributed by atoms with van der Waals surface area (Å²) < 4.78 is 5.83. The second-order valence-electron chi connectivity index (χ2n) is 6.46. The van der Waals surface area contributed by atoms with Gasteiger partial charge in [-0.3, -0.25) is 0 Å². The molecular formula is C19H27IN4OS. The molecule has 2 heterocycles. The Balaban J connectivity index is 0.00000243. The van der Waals surface area contributed by atoms with Crippen LogP contribution in [0.4, 0.5) is 0 Å². The van der Waals surface area contributed by atoms with E-state index in [2.05, 4.69) is 47.0 Å². The molecule has 1 saturated heterocycles. The molecule has 1 unspecified atom stereocenters. The number of halogens is 1. The monoisotopic (exact) mass is 486 g/mol. The standard InChI is InChI=1S/C19H26N4OS.HI/c1-3-20-18(22-14-19(2)10-7-11-24-19)21-12-16-13-25-17(23-16)15-8-5-4-6-9-15;/h4-6,8-9,13H,3,7,10-12,14H2,1-2H3,(H2,20,21,22);1H. The zero-order valence-electron chi connectivity index (χ0n) is 15.3. The van der Waals surface area contributed by atoms with E-state index in [4.69, 9.17) is 9.72 Å². The number of thiazole rings is 1. The van der Waals surface area contributed by atoms with Gasteiger partial charge in [-0.15, -0.1) is 35.3 Å². The van der Waals surface area contributed by atoms with Crippen LogP contribution in [-0.4, -0.2) is 36.2 Å². The van der Waals surface area contributed by atoms with Crippen LogP contribution in [0.15, 0.2) is 40.7 Å². The summed E-state index contributed by atoms with van der Waals surface area (Å²) in [6.45, 7) is 7.24. The second kappa shape index (κ2) is 10.2. The molecule has 2 N–H and O–H groups in total. The van der Waals surface area contributed by atoms with Gasteiger partial charge in [0.1, 0.15) is 5.01 Å². The van der Waals surface area contributed by atoms with E-state index in [-0.39, 0.29) is 29.6 Å². The van der Waals surface area contributed by atoms with Crippen LogP contribution in [-0.2, 0) is 11.3 Å². The van der Waals surface area contributed by atoms with Crippen molar-refractivity contribution in [2.75, 3.05) is 19.7 Å². The Labute approximate surface area is 176 Å². The summed E-state index contributed by atoms with van der Waals surface area (Å²) in [6, 6.07) is 10.3. The summed E-state index contributed by atoms with van der Waals surface area (Å²) in [5.41, 5.74) is 2.06. The van der Waals surface area contributed by atoms with Crippen molar-refractivity contribution in [2.45, 2.75) is 38.8 Å². The predicted molar refractivity (Wildman–Crippen MR) is 119 cm³/mol. The molecule has 26 heavy (non-hydrogen) atoms. The summed E-state index contributed by atoms with van der Waals surface area (Å²) >= 11 is 1.66. The minimum absolute atomic E-state index is 0. The first-order valence-electron chi connectivity index (χ1n) is 8.84. The van der Waals surface area contributed by atoms with Gasteiger partial charge in [0, 0.05) is 30.6 Å². The van der Waals surface area contributed by atoms with E-state index in [0.717, 1.165) is 54.8 Å². The zero-order valence-corrected chi connectivity index (χ0v) is 18.5. The number of ether oxygens (including phenoxy) is 1. The Morgan fingerprint density at radius 1 is 1.31 bits per heavy atom. The lowest BCUT2D eigenvalue weighted by molar-refractivity contribution is 0.0243. The minimum Gasteiger partial charge on any atom is -0.373 e. The third-order valence-electron chi connectivity index (χ3n) is 4.25. The largest absolute Gasteiger partial charge is 0.373 e. The first-order valence-corrected chi connectivity index (χ1v) is 9.72. The molecule has 5 nitrogen and oxygen atoms in total. The van der Waals surface area contributed by atoms with Gasteiger partial charge in [-0.05, 0) is 26.7 Å². The van der Waals surface area contributed by atoms with Gasteiger partial charge in [0.2, 0.25) is 0 Å². The Bertz CT molecular complexity index is 699. The number of guanidine groups is 1. The second-order valence-corrected chi connectivity index (χ2v) is 7.32. The maximum Gasteiger partial charge on any atom is 0.191 e. The highest BCUT2D eigenvalue weighted by atomic mass is 127. The summed E-state index contributed by atoms with van der Waals surface area (Å²) in [5, 5.41) is 9.81. The fourth-order valence-corrected chi connectivity index (χ4v) is 3.66. The first kappa shape index (κ1) is 21.1. The lowest BCUT2D eigenvalue weighted by Crippen LogP contribution is -2.45. The SMILES string of the molecule is CCNC(=NCc1csc(-c2ccccc2)n1)NCC1(C)CCCO1.I. The number of rotatable bonds is 6. The van der Waals surface area contributed by atoms with E-state index in [1.807, 2.05) is 18.2 Å². The highest BCUT2D eigenvalue weighted by molar-refractivity contribution is 14.0. The van der Waals surface area contributed by atoms with Crippen LogP contribution in [0.2, 0.25) is 0 Å². The van der Waals surface area contributed by atoms with E-state index < -0.39 is 0 Å². The number of hydrogen-bond donors (Lipinski definition) is 2. The van der Waals surface area contributed by atoms with Crippen LogP contribution in [0.3, 0.4) is 0 Å². The molecule has 0 bridgehead atoms. The van der Waals surface area contributed by atoms with E-state index in [9.17, 15) is 0 Å². The number of benzene rings is 1. The molecule has 0 saturated carbocycles. The van der Waals surface area contributed by atoms with E-state index in [0.29, 0.717) is 6.54 Å². The summed E-state index contributed by atoms with van der Waals surface area (Å²) in [5.74, 6) is 0.813. The van der Waals surface area contributed by atoms with E-state index in [1.54, 1.807) is 11.3 Å². The van der Waals surface area contributed by atoms with Gasteiger partial charge < -0.3 is 15.4 Å². The van der Waals surface area contributed by atoms with Gasteiger partial charge in [0.05, 0.1) is 17.8 Å². The Kier molecular flexibility index (Phi) is 8.30. The molecule has 142 valence electrons. The predicted octanol–water partition coefficient (Wildman–Crippen LogP) is 4.05. The summed E-state index contributed by atoms with van der Waals surface area (Å²) in [7, 11) is 0. The van der Waals surface area contributed by atoms with Gasteiger partial charge in [0.15, 0.2) is 5.96 Å². The maximum atomic E-state index is 5.83. The van der Waals surface area contributed by atoms with Crippen molar-refractivity contribution < 1.29 is 4.74 Å². The quantitative estimate of drug-likeness (QED) is 0.368. The highest BCUT2D eigenvalue weighted by Crippen LogP contribution is 2.24. The van der Waals surface area contributed by atoms with Crippen LogP contribution in [0, 0.1) is 0 Å². The zero-order chi connectivity index (χ0) is 17.5. The normalized spacial score (nSPS) is 19.8. The number of nitrogens with zero attached hydrogens (tertiary/aromatic N) is 2. The Morgan fingerprint density at radius 3 is 2.81 bits per heavy atom. The van der Waals surface area contributed by atoms with Crippen LogP contribution in [0.1, 0.15) is 32.4 Å². The number of hydrogen-bond acceptors (Lipinski definition) is 4. The van der Waals surface area contributed by atoms with Crippen molar-refractivity contribution in [2.24, 2.45) is 4.99 Å². The fourth-order valence-electron chi connectivity index (χ4n) is 2.84. The van der Waals surface area contributed by atoms with Crippen LogP contribution < -0.4 is 10.6 Å². The summed E-state index contributed by atoms with van der Waals surface area (Å²) in [4.78, 5) is 9.36. The molecule has 0 radical (unpaired) electrons. The lowest BCUT2D eigenvalue weighted by atomic mass is 10.0. The topological polar surface area (TPSA) is 58.5 Å². The number of nitrogens with one attached hydrogen (secondary N) is 2. The first-order chi connectivity index (χ1) is 12.2. The molecule has 2 aromatic rings. The average molecular weight is 486 g/mol. The molecule has 0 spiro atoms. The third-order valence-corrected chi connectivity index (χ3v) is 5.19. The van der Waals surface area contributed by atoms with Gasteiger partial charge in [-0.2, -0.15) is 0 Å². The Hall–Kier alpha value is -1.19. The van der Waals surface area contributed by atoms with Gasteiger partial charge in [-0.25, -0.2) is 9.98 Å². The third kappa shape index (κ3) is 5.92. The molecule has 1 aliphatic rings. The van der Waals surface area contributed by atoms with Crippen molar-refractivity contribution in [3.8, 4) is 10.6 Å². The Morgan fingerprint density at radius 2 is 2.12 bits per heavy atom. The molecule has 1 aromatic heterocycles. The number of aliphatic imine (C=N–C) groups is 1. The fraction of sp³-hybridized carbons (Fsp3) is 0.474. The summed E-state index contributed by atoms with van der Waals surface area (Å²) in [6.07, 6.45) is 2.22. The van der Waals surface area contributed by atoms with Crippen molar-refractivity contribution >= 4 is 41.3 Å². The molecule has 0 aliphatic carbocycles. The molecule has 1 atom stereocenters. The average Bonchev–Trinajstić information content (AvgIpc) is 3.28. The number of aromatic nitrogens is 1. The van der Waals surface area contributed by atoms with Crippen molar-refractivity contribution in [1.82, 2.24) is 15.6 Å². The minimum atomic E-state index is -0.0860. The molecule has 7 heteroatoms. The smallest absolute Gasteiger partial charge is 0.191 e. The maximum absolute atomic E-state index is 5.83. The van der Waals surface area contributed by atoms with Crippen molar-refractivity contribution in [3.63, 3.8) is 0 Å². The van der Waals surface area contributed by atoms with Gasteiger partial charge >= 0.3 is 0 Å². The molecular weight excluding hydrogens is 459 g/mol. The lowest BCUT2D eigenvalue weighted by Gasteiger charge is -2.24. The van der Waals surface area contributed by atoms with E-state index >= 15 is 0 Å². The van der Waals surface area contributed by atoms with Crippen LogP contribution in [0.5, 0.6) is 0 Å². The van der Waals surface area contributed by atoms with Crippen LogP contribution >= 0.6 is 35.3 Å².